The number of methoxy groups -OCH3 is 2. The number of nitrogens with zero attached hydrogens (tertiary/aromatic N) is 4. The van der Waals surface area contributed by atoms with Gasteiger partial charge >= 0.3 is 16.4 Å². The molecule has 4 rings (SSSR count). The van der Waals surface area contributed by atoms with E-state index in [1.54, 1.807) is 4.72 Å². The number of sulfonamides is 2. The van der Waals surface area contributed by atoms with Gasteiger partial charge in [-0.15, -0.1) is 0 Å². The van der Waals surface area contributed by atoms with Gasteiger partial charge in [0.25, 0.3) is 26.0 Å². The Morgan fingerprint density at radius 3 is 1.67 bits per heavy atom. The van der Waals surface area contributed by atoms with Gasteiger partial charge < -0.3 is 9.47 Å². The predicted octanol–water partition coefficient (Wildman–Crippen LogP) is 3.13. The summed E-state index contributed by atoms with van der Waals surface area (Å²) in [4.78, 5) is 16.2. The number of aromatic nitrogens is 1. The van der Waals surface area contributed by atoms with E-state index in [-0.39, 0.29) is 31.5 Å². The Labute approximate surface area is 280 Å². The van der Waals surface area contributed by atoms with Crippen molar-refractivity contribution in [2.75, 3.05) is 50.0 Å². The summed E-state index contributed by atoms with van der Waals surface area (Å²) in [5.74, 6) is -1.28. The lowest BCUT2D eigenvalue weighted by molar-refractivity contribution is -0.118. The van der Waals surface area contributed by atoms with E-state index in [1.165, 1.54) is 62.8 Å². The molecule has 0 saturated carbocycles. The Bertz CT molecular complexity index is 2170. The number of hydrogen-bond donors (Lipinski definition) is 1. The molecule has 1 aromatic heterocycles. The minimum Gasteiger partial charge on any atom is -0.497 e. The summed E-state index contributed by atoms with van der Waals surface area (Å²) >= 11 is 0. The highest BCUT2D eigenvalue weighted by molar-refractivity contribution is 7.93. The first-order valence-corrected chi connectivity index (χ1v) is 18.1. The Morgan fingerprint density at radius 1 is 0.755 bits per heavy atom. The quantitative estimate of drug-likeness (QED) is 0.214. The van der Waals surface area contributed by atoms with Gasteiger partial charge in [-0.05, 0) is 48.5 Å². The van der Waals surface area contributed by atoms with Gasteiger partial charge in [0.05, 0.1) is 35.9 Å². The Kier molecular flexibility index (Phi) is 10.7. The minimum absolute atomic E-state index is 0.0899. The maximum Gasteiger partial charge on any atom is 0.407 e. The van der Waals surface area contributed by atoms with E-state index >= 15 is 0 Å². The number of fused-ring (bicyclic) bond motifs is 1. The zero-order valence-corrected chi connectivity index (χ0v) is 28.7. The van der Waals surface area contributed by atoms with Crippen LogP contribution in [-0.2, 0) is 35.1 Å². The molecular formula is C29H30F3N5O9S3. The van der Waals surface area contributed by atoms with E-state index in [0.717, 1.165) is 44.6 Å². The van der Waals surface area contributed by atoms with Crippen molar-refractivity contribution in [1.29, 1.82) is 0 Å². The van der Waals surface area contributed by atoms with Gasteiger partial charge in [0.2, 0.25) is 0 Å². The summed E-state index contributed by atoms with van der Waals surface area (Å²) in [6.45, 7) is -3.14. The first-order chi connectivity index (χ1) is 22.8. The number of alkyl halides is 3. The molecule has 14 nitrogen and oxygen atoms in total. The number of anilines is 2. The third-order valence-electron chi connectivity index (χ3n) is 6.89. The number of benzene rings is 3. The highest BCUT2D eigenvalue weighted by Crippen LogP contribution is 2.38. The van der Waals surface area contributed by atoms with E-state index in [0.29, 0.717) is 8.61 Å². The van der Waals surface area contributed by atoms with E-state index in [2.05, 4.69) is 4.98 Å². The van der Waals surface area contributed by atoms with Crippen LogP contribution >= 0.6 is 0 Å². The summed E-state index contributed by atoms with van der Waals surface area (Å²) in [5, 5.41) is -0.373. The monoisotopic (exact) mass is 745 g/mol. The van der Waals surface area contributed by atoms with Crippen LogP contribution in [0.4, 0.5) is 24.7 Å². The first kappa shape index (κ1) is 37.2. The molecule has 0 fully saturated rings. The number of hydrogen-bond acceptors (Lipinski definition) is 10. The maximum atomic E-state index is 14.1. The zero-order valence-electron chi connectivity index (χ0n) is 26.2. The highest BCUT2D eigenvalue weighted by Gasteiger charge is 2.39. The van der Waals surface area contributed by atoms with Crippen LogP contribution in [0.5, 0.6) is 11.5 Å². The van der Waals surface area contributed by atoms with Crippen molar-refractivity contribution >= 4 is 58.4 Å². The first-order valence-electron chi connectivity index (χ1n) is 13.8. The molecule has 0 radical (unpaired) electrons. The van der Waals surface area contributed by atoms with Crippen molar-refractivity contribution in [2.45, 2.75) is 16.0 Å². The van der Waals surface area contributed by atoms with E-state index in [9.17, 15) is 43.2 Å². The van der Waals surface area contributed by atoms with Gasteiger partial charge in [-0.1, -0.05) is 24.3 Å². The van der Waals surface area contributed by atoms with Crippen LogP contribution in [0.2, 0.25) is 0 Å². The fraction of sp³-hybridized carbons (Fsp3) is 0.241. The van der Waals surface area contributed by atoms with Gasteiger partial charge in [-0.3, -0.25) is 9.10 Å². The van der Waals surface area contributed by atoms with Gasteiger partial charge in [-0.25, -0.2) is 30.8 Å². The molecule has 20 heteroatoms. The Morgan fingerprint density at radius 2 is 1.22 bits per heavy atom. The van der Waals surface area contributed by atoms with E-state index in [1.807, 2.05) is 0 Å². The average molecular weight is 746 g/mol. The second kappa shape index (κ2) is 14.1. The fourth-order valence-electron chi connectivity index (χ4n) is 4.44. The summed E-state index contributed by atoms with van der Waals surface area (Å²) in [5.41, 5.74) is -0.561. The molecule has 3 aromatic carbocycles. The van der Waals surface area contributed by atoms with Crippen molar-refractivity contribution in [3.8, 4) is 11.5 Å². The number of amides is 1. The maximum absolute atomic E-state index is 14.1. The SMILES string of the molecule is COc1ccc(S(=O)(=O)N(CC(F)(F)F)c2cnc(N(CC(=O)NS(=O)(=O)N(C)C)S(=O)(=O)c3ccc(OC)cc3)c3ccccc23)cc1. The molecule has 0 spiro atoms. The molecule has 0 bridgehead atoms. The van der Waals surface area contributed by atoms with Gasteiger partial charge in [0.15, 0.2) is 5.82 Å². The van der Waals surface area contributed by atoms with Gasteiger partial charge in [0.1, 0.15) is 24.6 Å². The minimum atomic E-state index is -5.04. The highest BCUT2D eigenvalue weighted by atomic mass is 32.2. The number of pyridine rings is 1. The molecule has 0 aliphatic rings. The van der Waals surface area contributed by atoms with Crippen molar-refractivity contribution in [2.24, 2.45) is 0 Å². The normalized spacial score (nSPS) is 12.5. The second-order valence-corrected chi connectivity index (χ2v) is 15.9. The molecule has 264 valence electrons. The third kappa shape index (κ3) is 8.15. The van der Waals surface area contributed by atoms with Crippen LogP contribution < -0.4 is 22.8 Å². The number of halogens is 3. The van der Waals surface area contributed by atoms with Gasteiger partial charge in [0, 0.05) is 24.9 Å². The summed E-state index contributed by atoms with van der Waals surface area (Å²) in [6, 6.07) is 14.8. The number of carbonyl (C=O) groups excluding carboxylic acids is 1. The molecule has 0 saturated heterocycles. The lowest BCUT2D eigenvalue weighted by Gasteiger charge is -2.29. The Hall–Kier alpha value is -4.66. The molecule has 1 N–H and O–H groups in total. The standard InChI is InChI=1S/C29H30F3N5O9S3/c1-35(2)49(43,44)34-27(38)18-36(47(39,40)22-13-9-20(45-3)10-14-22)28-25-8-6-5-7-24(25)26(17-33-28)37(19-29(30,31)32)48(41,42)23-15-11-21(46-4)12-16-23/h5-17H,18-19H2,1-4H3,(H,34,38). The van der Waals surface area contributed by atoms with Crippen LogP contribution in [0.15, 0.2) is 88.8 Å². The van der Waals surface area contributed by atoms with Gasteiger partial charge in [-0.2, -0.15) is 25.9 Å². The summed E-state index contributed by atoms with van der Waals surface area (Å²) in [7, 11) is -9.14. The summed E-state index contributed by atoms with van der Waals surface area (Å²) in [6.07, 6.45) is -4.31. The van der Waals surface area contributed by atoms with Crippen molar-refractivity contribution < 1.29 is 52.7 Å². The molecule has 1 heterocycles. The predicted molar refractivity (Wildman–Crippen MR) is 174 cm³/mol. The van der Waals surface area contributed by atoms with Crippen LogP contribution in [-0.4, -0.2) is 88.0 Å². The van der Waals surface area contributed by atoms with Crippen LogP contribution in [0, 0.1) is 0 Å². The third-order valence-corrected chi connectivity index (χ3v) is 11.9. The molecule has 0 unspecified atom stereocenters. The molecule has 0 aliphatic carbocycles. The molecule has 4 aromatic rings. The Balaban J connectivity index is 1.95. The molecule has 49 heavy (non-hydrogen) atoms. The molecule has 0 atom stereocenters. The summed E-state index contributed by atoms with van der Waals surface area (Å²) < 4.78 is 135. The van der Waals surface area contributed by atoms with E-state index < -0.39 is 71.8 Å². The smallest absolute Gasteiger partial charge is 0.407 e. The van der Waals surface area contributed by atoms with Crippen LogP contribution in [0.25, 0.3) is 10.8 Å². The van der Waals surface area contributed by atoms with Crippen molar-refractivity contribution in [3.63, 3.8) is 0 Å². The number of carbonyl (C=O) groups is 1. The second-order valence-electron chi connectivity index (χ2n) is 10.3. The van der Waals surface area contributed by atoms with E-state index in [4.69, 9.17) is 9.47 Å². The van der Waals surface area contributed by atoms with Crippen LogP contribution in [0.1, 0.15) is 0 Å². The fourth-order valence-corrected chi connectivity index (χ4v) is 7.83. The average Bonchev–Trinajstić information content (AvgIpc) is 3.05. The molecule has 0 aliphatic heterocycles. The molecule has 1 amide bonds. The number of ether oxygens (including phenoxy) is 2. The largest absolute Gasteiger partial charge is 0.497 e. The number of nitrogens with one attached hydrogen (secondary N) is 1. The van der Waals surface area contributed by atoms with Crippen LogP contribution in [0.3, 0.4) is 0 Å². The number of rotatable bonds is 13. The van der Waals surface area contributed by atoms with Crippen molar-refractivity contribution in [3.05, 3.63) is 79.0 Å². The lowest BCUT2D eigenvalue weighted by atomic mass is 10.1. The zero-order chi connectivity index (χ0) is 36.4. The topological polar surface area (TPSA) is 173 Å². The molecular weight excluding hydrogens is 716 g/mol. The van der Waals surface area contributed by atoms with Crippen molar-refractivity contribution in [1.82, 2.24) is 14.0 Å². The lowest BCUT2D eigenvalue weighted by Crippen LogP contribution is -2.46.